The van der Waals surface area contributed by atoms with Gasteiger partial charge in [-0.1, -0.05) is 129 Å². The third-order valence-corrected chi connectivity index (χ3v) is 15.5. The standard InChI is InChI=1S/C53H40Br2N4O5/c1-52(47-35-15-7-3-11-31(35)32-12-4-8-16-36(32)47,43-23-25-45-56-41-27-29(54)19-21-39(41)49(60)58(43)45)63-51(62)64-53(2,48-37-17-9-5-13-33(37)34-14-6-10-18-38(34)48)44-24-26-46-57-42-28-30(55)20-22-40(42)50(61)59(44)46/h3-22,27-28,43-44,47-48H,23-26H2,1-2H3. The van der Waals surface area contributed by atoms with Crippen LogP contribution in [0.15, 0.2) is 152 Å². The quantitative estimate of drug-likeness (QED) is 0.153. The molecule has 2 aliphatic heterocycles. The Morgan fingerprint density at radius 3 is 1.25 bits per heavy atom. The van der Waals surface area contributed by atoms with Gasteiger partial charge in [0.2, 0.25) is 0 Å². The highest BCUT2D eigenvalue weighted by molar-refractivity contribution is 9.10. The fourth-order valence-electron chi connectivity index (χ4n) is 11.9. The van der Waals surface area contributed by atoms with Gasteiger partial charge in [-0.3, -0.25) is 18.7 Å². The van der Waals surface area contributed by atoms with Gasteiger partial charge >= 0.3 is 6.16 Å². The number of benzene rings is 6. The van der Waals surface area contributed by atoms with Crippen molar-refractivity contribution in [1.29, 1.82) is 0 Å². The Morgan fingerprint density at radius 2 is 0.891 bits per heavy atom. The lowest BCUT2D eigenvalue weighted by molar-refractivity contribution is -0.109. The zero-order valence-corrected chi connectivity index (χ0v) is 38.1. The number of halogens is 2. The zero-order chi connectivity index (χ0) is 43.6. The molecule has 4 unspecified atom stereocenters. The third kappa shape index (κ3) is 5.68. The molecule has 64 heavy (non-hydrogen) atoms. The minimum Gasteiger partial charge on any atom is -0.425 e. The number of hydrogen-bond donors (Lipinski definition) is 0. The highest BCUT2D eigenvalue weighted by Gasteiger charge is 2.57. The fraction of sp³-hybridized carbons (Fsp3) is 0.226. The summed E-state index contributed by atoms with van der Waals surface area (Å²) in [6.45, 7) is 3.91. The van der Waals surface area contributed by atoms with Crippen molar-refractivity contribution < 1.29 is 14.3 Å². The lowest BCUT2D eigenvalue weighted by atomic mass is 9.75. The molecule has 0 amide bonds. The Balaban J connectivity index is 1.04. The maximum Gasteiger partial charge on any atom is 0.509 e. The highest BCUT2D eigenvalue weighted by atomic mass is 79.9. The Hall–Kier alpha value is -6.17. The van der Waals surface area contributed by atoms with Crippen molar-refractivity contribution in [1.82, 2.24) is 19.1 Å². The number of carbonyl (C=O) groups is 1. The van der Waals surface area contributed by atoms with Crippen LogP contribution in [0.5, 0.6) is 0 Å². The molecule has 12 rings (SSSR count). The molecular formula is C53H40Br2N4O5. The van der Waals surface area contributed by atoms with Gasteiger partial charge in [0.1, 0.15) is 22.9 Å². The highest BCUT2D eigenvalue weighted by Crippen LogP contribution is 2.58. The molecule has 2 aliphatic carbocycles. The average molecular weight is 973 g/mol. The number of fused-ring (bicyclic) bond motifs is 10. The van der Waals surface area contributed by atoms with E-state index in [4.69, 9.17) is 19.4 Å². The number of ether oxygens (including phenoxy) is 2. The Morgan fingerprint density at radius 1 is 0.547 bits per heavy atom. The minimum atomic E-state index is -1.37. The molecule has 4 heterocycles. The second-order valence-electron chi connectivity index (χ2n) is 17.9. The maximum absolute atomic E-state index is 15.6. The number of aromatic nitrogens is 4. The summed E-state index contributed by atoms with van der Waals surface area (Å²) in [4.78, 5) is 55.1. The van der Waals surface area contributed by atoms with Gasteiger partial charge in [0.15, 0.2) is 0 Å². The van der Waals surface area contributed by atoms with Crippen molar-refractivity contribution in [2.75, 3.05) is 0 Å². The van der Waals surface area contributed by atoms with Gasteiger partial charge in [-0.05, 0) is 108 Å². The maximum atomic E-state index is 15.6. The third-order valence-electron chi connectivity index (χ3n) is 14.5. The molecule has 2 aromatic heterocycles. The molecular weight excluding hydrogens is 932 g/mol. The van der Waals surface area contributed by atoms with Crippen LogP contribution in [0.25, 0.3) is 44.1 Å². The van der Waals surface area contributed by atoms with Crippen molar-refractivity contribution in [3.63, 3.8) is 0 Å². The van der Waals surface area contributed by atoms with Gasteiger partial charge in [-0.25, -0.2) is 14.8 Å². The molecule has 316 valence electrons. The fourth-order valence-corrected chi connectivity index (χ4v) is 12.6. The summed E-state index contributed by atoms with van der Waals surface area (Å²) in [5.74, 6) is 0.335. The monoisotopic (exact) mass is 970 g/mol. The van der Waals surface area contributed by atoms with Crippen LogP contribution in [0.3, 0.4) is 0 Å². The van der Waals surface area contributed by atoms with Crippen molar-refractivity contribution in [3.05, 3.63) is 197 Å². The summed E-state index contributed by atoms with van der Waals surface area (Å²) in [7, 11) is 0. The molecule has 0 N–H and O–H groups in total. The van der Waals surface area contributed by atoms with Crippen LogP contribution in [0, 0.1) is 0 Å². The molecule has 0 saturated carbocycles. The van der Waals surface area contributed by atoms with E-state index in [1.807, 2.05) is 86.6 Å². The molecule has 6 aromatic carbocycles. The normalized spacial score (nSPS) is 19.0. The van der Waals surface area contributed by atoms with Gasteiger partial charge < -0.3 is 9.47 Å². The smallest absolute Gasteiger partial charge is 0.425 e. The summed E-state index contributed by atoms with van der Waals surface area (Å²) in [6, 6.07) is 42.7. The van der Waals surface area contributed by atoms with E-state index < -0.39 is 41.3 Å². The van der Waals surface area contributed by atoms with E-state index in [0.29, 0.717) is 59.1 Å². The van der Waals surface area contributed by atoms with Gasteiger partial charge in [0, 0.05) is 21.8 Å². The molecule has 8 aromatic rings. The summed E-state index contributed by atoms with van der Waals surface area (Å²) >= 11 is 7.11. The number of nitrogens with zero attached hydrogens (tertiary/aromatic N) is 4. The predicted molar refractivity (Wildman–Crippen MR) is 254 cm³/mol. The van der Waals surface area contributed by atoms with Crippen LogP contribution in [-0.4, -0.2) is 36.5 Å². The first-order valence-corrected chi connectivity index (χ1v) is 23.3. The van der Waals surface area contributed by atoms with Gasteiger partial charge in [-0.2, -0.15) is 0 Å². The summed E-state index contributed by atoms with van der Waals surface area (Å²) in [5.41, 5.74) is 6.31. The van der Waals surface area contributed by atoms with E-state index in [2.05, 4.69) is 80.4 Å². The Kier molecular flexibility index (Phi) is 8.88. The Labute approximate surface area is 385 Å². The number of hydrogen-bond acceptors (Lipinski definition) is 7. The van der Waals surface area contributed by atoms with Crippen molar-refractivity contribution in [2.45, 2.75) is 74.7 Å². The molecule has 4 atom stereocenters. The van der Waals surface area contributed by atoms with E-state index in [-0.39, 0.29) is 11.1 Å². The van der Waals surface area contributed by atoms with Crippen LogP contribution in [0.4, 0.5) is 4.79 Å². The number of aryl methyl sites for hydroxylation is 2. The van der Waals surface area contributed by atoms with Crippen molar-refractivity contribution >= 4 is 59.8 Å². The van der Waals surface area contributed by atoms with E-state index in [1.165, 1.54) is 0 Å². The van der Waals surface area contributed by atoms with E-state index in [9.17, 15) is 9.59 Å². The van der Waals surface area contributed by atoms with Crippen LogP contribution < -0.4 is 11.1 Å². The molecule has 0 fully saturated rings. The second-order valence-corrected chi connectivity index (χ2v) is 19.7. The van der Waals surface area contributed by atoms with E-state index in [1.54, 1.807) is 21.3 Å². The van der Waals surface area contributed by atoms with Crippen LogP contribution in [0.1, 0.15) is 84.5 Å². The second kappa shape index (κ2) is 14.4. The minimum absolute atomic E-state index is 0.185. The summed E-state index contributed by atoms with van der Waals surface area (Å²) in [5, 5.41) is 0.974. The largest absolute Gasteiger partial charge is 0.509 e. The molecule has 9 nitrogen and oxygen atoms in total. The molecule has 0 radical (unpaired) electrons. The molecule has 0 bridgehead atoms. The molecule has 4 aliphatic rings. The summed E-state index contributed by atoms with van der Waals surface area (Å²) < 4.78 is 19.4. The Bertz CT molecular complexity index is 3120. The first-order valence-electron chi connectivity index (χ1n) is 21.7. The first-order chi connectivity index (χ1) is 31.0. The van der Waals surface area contributed by atoms with Crippen molar-refractivity contribution in [2.24, 2.45) is 0 Å². The molecule has 11 heteroatoms. The van der Waals surface area contributed by atoms with E-state index in [0.717, 1.165) is 53.5 Å². The van der Waals surface area contributed by atoms with Gasteiger partial charge in [0.25, 0.3) is 11.1 Å². The molecule has 0 saturated heterocycles. The first kappa shape index (κ1) is 39.4. The lowest BCUT2D eigenvalue weighted by Crippen LogP contribution is -2.51. The van der Waals surface area contributed by atoms with Gasteiger partial charge in [0.05, 0.1) is 45.7 Å². The lowest BCUT2D eigenvalue weighted by Gasteiger charge is -2.44. The van der Waals surface area contributed by atoms with Crippen LogP contribution in [-0.2, 0) is 22.3 Å². The zero-order valence-electron chi connectivity index (χ0n) is 34.9. The summed E-state index contributed by atoms with van der Waals surface area (Å²) in [6.07, 6.45) is 1.15. The average Bonchev–Trinajstić information content (AvgIpc) is 4.08. The van der Waals surface area contributed by atoms with E-state index >= 15 is 4.79 Å². The van der Waals surface area contributed by atoms with Crippen molar-refractivity contribution in [3.8, 4) is 22.3 Å². The van der Waals surface area contributed by atoms with Gasteiger partial charge in [-0.15, -0.1) is 0 Å². The number of rotatable bonds is 6. The predicted octanol–water partition coefficient (Wildman–Crippen LogP) is 11.6. The molecule has 0 spiro atoms. The SMILES string of the molecule is CC(OC(=O)OC(C)(C1c2ccccc2-c2ccccc21)C1CCc2nc3cc(Br)ccc3c(=O)n21)(C1c2ccccc2-c2ccccc21)C1CCc2nc3cc(Br)ccc3c(=O)n21. The number of carbonyl (C=O) groups excluding carboxylic acids is 1. The van der Waals surface area contributed by atoms with Crippen LogP contribution in [0.2, 0.25) is 0 Å². The topological polar surface area (TPSA) is 105 Å². The van der Waals surface area contributed by atoms with Crippen LogP contribution >= 0.6 is 31.9 Å².